The van der Waals surface area contributed by atoms with Crippen LogP contribution in [0, 0.1) is 0 Å². The van der Waals surface area contributed by atoms with E-state index < -0.39 is 0 Å². The monoisotopic (exact) mass is 386 g/mol. The molecule has 2 aromatic rings. The molecule has 27 heavy (non-hydrogen) atoms. The van der Waals surface area contributed by atoms with Crippen molar-refractivity contribution in [3.05, 3.63) is 64.7 Å². The molecule has 0 unspecified atom stereocenters. The van der Waals surface area contributed by atoms with Crippen molar-refractivity contribution in [3.63, 3.8) is 0 Å². The van der Waals surface area contributed by atoms with Crippen LogP contribution in [-0.4, -0.2) is 54.4 Å². The van der Waals surface area contributed by atoms with E-state index >= 15 is 0 Å². The molecule has 0 atom stereocenters. The fourth-order valence-electron chi connectivity index (χ4n) is 3.12. The molecule has 0 saturated carbocycles. The van der Waals surface area contributed by atoms with E-state index in [2.05, 4.69) is 0 Å². The maximum absolute atomic E-state index is 12.6. The molecule has 1 saturated heterocycles. The van der Waals surface area contributed by atoms with E-state index in [1.165, 1.54) is 0 Å². The first kappa shape index (κ1) is 19.2. The molecule has 142 valence electrons. The minimum absolute atomic E-state index is 0.0453. The van der Waals surface area contributed by atoms with Crippen molar-refractivity contribution in [2.45, 2.75) is 13.3 Å². The summed E-state index contributed by atoms with van der Waals surface area (Å²) in [5, 5.41) is 0.546. The Morgan fingerprint density at radius 1 is 1.00 bits per heavy atom. The van der Waals surface area contributed by atoms with Crippen molar-refractivity contribution in [1.29, 1.82) is 0 Å². The van der Waals surface area contributed by atoms with Crippen LogP contribution in [0.5, 0.6) is 5.75 Å². The smallest absolute Gasteiger partial charge is 0.254 e. The van der Waals surface area contributed by atoms with Gasteiger partial charge in [0.05, 0.1) is 13.0 Å². The van der Waals surface area contributed by atoms with E-state index in [0.29, 0.717) is 49.8 Å². The molecule has 0 aliphatic carbocycles. The number of benzene rings is 2. The van der Waals surface area contributed by atoms with Gasteiger partial charge in [-0.3, -0.25) is 9.59 Å². The van der Waals surface area contributed by atoms with Gasteiger partial charge in [-0.15, -0.1) is 0 Å². The van der Waals surface area contributed by atoms with E-state index in [0.717, 1.165) is 11.3 Å². The Balaban J connectivity index is 1.52. The number of rotatable bonds is 5. The zero-order valence-electron chi connectivity index (χ0n) is 15.4. The summed E-state index contributed by atoms with van der Waals surface area (Å²) in [6.45, 7) is 4.70. The first-order valence-corrected chi connectivity index (χ1v) is 9.49. The minimum atomic E-state index is -0.0453. The number of nitrogens with zero attached hydrogens (tertiary/aromatic N) is 2. The van der Waals surface area contributed by atoms with Gasteiger partial charge < -0.3 is 14.5 Å². The van der Waals surface area contributed by atoms with Gasteiger partial charge in [-0.2, -0.15) is 0 Å². The van der Waals surface area contributed by atoms with Crippen molar-refractivity contribution in [3.8, 4) is 5.75 Å². The van der Waals surface area contributed by atoms with Gasteiger partial charge in [-0.25, -0.2) is 0 Å². The zero-order chi connectivity index (χ0) is 19.2. The predicted molar refractivity (Wildman–Crippen MR) is 105 cm³/mol. The second-order valence-corrected chi connectivity index (χ2v) is 6.87. The standard InChI is InChI=1S/C21H23ClN2O3/c1-2-27-19-8-6-16(7-9-19)14-20(25)23-10-12-24(13-11-23)21(26)17-4-3-5-18(22)15-17/h3-9,15H,2,10-14H2,1H3. The second kappa shape index (κ2) is 8.91. The van der Waals surface area contributed by atoms with E-state index in [-0.39, 0.29) is 11.8 Å². The summed E-state index contributed by atoms with van der Waals surface area (Å²) in [6, 6.07) is 14.6. The Morgan fingerprint density at radius 2 is 1.67 bits per heavy atom. The summed E-state index contributed by atoms with van der Waals surface area (Å²) in [7, 11) is 0. The van der Waals surface area contributed by atoms with Crippen LogP contribution in [-0.2, 0) is 11.2 Å². The molecule has 0 bridgehead atoms. The van der Waals surface area contributed by atoms with Crippen molar-refractivity contribution in [2.75, 3.05) is 32.8 Å². The Labute approximate surface area is 164 Å². The molecule has 1 fully saturated rings. The first-order valence-electron chi connectivity index (χ1n) is 9.11. The highest BCUT2D eigenvalue weighted by Crippen LogP contribution is 2.16. The zero-order valence-corrected chi connectivity index (χ0v) is 16.1. The van der Waals surface area contributed by atoms with Crippen LogP contribution in [0.3, 0.4) is 0 Å². The van der Waals surface area contributed by atoms with E-state index in [9.17, 15) is 9.59 Å². The SMILES string of the molecule is CCOc1ccc(CC(=O)N2CCN(C(=O)c3cccc(Cl)c3)CC2)cc1. The lowest BCUT2D eigenvalue weighted by molar-refractivity contribution is -0.131. The maximum Gasteiger partial charge on any atom is 0.254 e. The normalized spacial score (nSPS) is 14.1. The quantitative estimate of drug-likeness (QED) is 0.792. The summed E-state index contributed by atoms with van der Waals surface area (Å²) < 4.78 is 5.42. The van der Waals surface area contributed by atoms with Crippen molar-refractivity contribution >= 4 is 23.4 Å². The van der Waals surface area contributed by atoms with E-state index in [4.69, 9.17) is 16.3 Å². The van der Waals surface area contributed by atoms with Gasteiger partial charge in [0.1, 0.15) is 5.75 Å². The fourth-order valence-corrected chi connectivity index (χ4v) is 3.31. The van der Waals surface area contributed by atoms with Crippen molar-refractivity contribution < 1.29 is 14.3 Å². The van der Waals surface area contributed by atoms with Gasteiger partial charge in [0, 0.05) is 36.8 Å². The lowest BCUT2D eigenvalue weighted by Gasteiger charge is -2.35. The van der Waals surface area contributed by atoms with Gasteiger partial charge in [0.2, 0.25) is 5.91 Å². The van der Waals surface area contributed by atoms with E-state index in [1.807, 2.05) is 36.1 Å². The van der Waals surface area contributed by atoms with Crippen LogP contribution in [0.25, 0.3) is 0 Å². The molecule has 0 spiro atoms. The van der Waals surface area contributed by atoms with Crippen LogP contribution in [0.15, 0.2) is 48.5 Å². The fraction of sp³-hybridized carbons (Fsp3) is 0.333. The summed E-state index contributed by atoms with van der Waals surface area (Å²) >= 11 is 5.97. The summed E-state index contributed by atoms with van der Waals surface area (Å²) in [5.41, 5.74) is 1.54. The molecule has 5 nitrogen and oxygen atoms in total. The average molecular weight is 387 g/mol. The van der Waals surface area contributed by atoms with Crippen LogP contribution >= 0.6 is 11.6 Å². The number of hydrogen-bond acceptors (Lipinski definition) is 3. The van der Waals surface area contributed by atoms with Gasteiger partial charge in [0.25, 0.3) is 5.91 Å². The van der Waals surface area contributed by atoms with Crippen molar-refractivity contribution in [1.82, 2.24) is 9.80 Å². The second-order valence-electron chi connectivity index (χ2n) is 6.44. The molecule has 0 N–H and O–H groups in total. The molecule has 0 radical (unpaired) electrons. The number of hydrogen-bond donors (Lipinski definition) is 0. The molecule has 2 amide bonds. The first-order chi connectivity index (χ1) is 13.1. The number of ether oxygens (including phenoxy) is 1. The van der Waals surface area contributed by atoms with Crippen LogP contribution in [0.4, 0.5) is 0 Å². The van der Waals surface area contributed by atoms with Crippen molar-refractivity contribution in [2.24, 2.45) is 0 Å². The average Bonchev–Trinajstić information content (AvgIpc) is 2.69. The highest BCUT2D eigenvalue weighted by Gasteiger charge is 2.24. The third kappa shape index (κ3) is 5.01. The lowest BCUT2D eigenvalue weighted by Crippen LogP contribution is -2.51. The highest BCUT2D eigenvalue weighted by molar-refractivity contribution is 6.30. The Hall–Kier alpha value is -2.53. The van der Waals surface area contributed by atoms with Crippen LogP contribution in [0.2, 0.25) is 5.02 Å². The number of carbonyl (C=O) groups excluding carboxylic acids is 2. The minimum Gasteiger partial charge on any atom is -0.494 e. The Morgan fingerprint density at radius 3 is 2.30 bits per heavy atom. The summed E-state index contributed by atoms with van der Waals surface area (Å²) in [6.07, 6.45) is 0.356. The molecule has 0 aromatic heterocycles. The van der Waals surface area contributed by atoms with Gasteiger partial charge in [-0.1, -0.05) is 29.8 Å². The summed E-state index contributed by atoms with van der Waals surface area (Å²) in [5.74, 6) is 0.840. The Kier molecular flexibility index (Phi) is 6.35. The number of amides is 2. The molecular formula is C21H23ClN2O3. The maximum atomic E-state index is 12.6. The summed E-state index contributed by atoms with van der Waals surface area (Å²) in [4.78, 5) is 28.7. The van der Waals surface area contributed by atoms with Crippen LogP contribution in [0.1, 0.15) is 22.8 Å². The lowest BCUT2D eigenvalue weighted by atomic mass is 10.1. The number of halogens is 1. The van der Waals surface area contributed by atoms with E-state index in [1.54, 1.807) is 29.2 Å². The largest absolute Gasteiger partial charge is 0.494 e. The number of piperazine rings is 1. The number of carbonyl (C=O) groups is 2. The molecule has 6 heteroatoms. The van der Waals surface area contributed by atoms with Crippen LogP contribution < -0.4 is 4.74 Å². The third-order valence-corrected chi connectivity index (χ3v) is 4.82. The van der Waals surface area contributed by atoms with Gasteiger partial charge in [-0.05, 0) is 42.8 Å². The molecule has 1 aliphatic rings. The molecule has 1 heterocycles. The Bertz CT molecular complexity index is 799. The third-order valence-electron chi connectivity index (χ3n) is 4.58. The highest BCUT2D eigenvalue weighted by atomic mass is 35.5. The van der Waals surface area contributed by atoms with Gasteiger partial charge >= 0.3 is 0 Å². The molecular weight excluding hydrogens is 364 g/mol. The van der Waals surface area contributed by atoms with Gasteiger partial charge in [0.15, 0.2) is 0 Å². The molecule has 1 aliphatic heterocycles. The predicted octanol–water partition coefficient (Wildman–Crippen LogP) is 3.27. The molecule has 3 rings (SSSR count). The topological polar surface area (TPSA) is 49.9 Å². The molecule has 2 aromatic carbocycles.